The molecule has 0 aliphatic carbocycles. The van der Waals surface area contributed by atoms with Gasteiger partial charge in [0.25, 0.3) is 0 Å². The normalized spacial score (nSPS) is 18.5. The van der Waals surface area contributed by atoms with E-state index in [1.165, 1.54) is 12.1 Å². The summed E-state index contributed by atoms with van der Waals surface area (Å²) in [7, 11) is 0. The molecule has 192 valence electrons. The Labute approximate surface area is 214 Å². The summed E-state index contributed by atoms with van der Waals surface area (Å²) in [5.41, 5.74) is 2.45. The van der Waals surface area contributed by atoms with Gasteiger partial charge in [-0.3, -0.25) is 4.98 Å². The molecule has 9 heteroatoms. The van der Waals surface area contributed by atoms with Crippen LogP contribution in [0.3, 0.4) is 0 Å². The first-order chi connectivity index (χ1) is 17.2. The third kappa shape index (κ3) is 7.91. The number of carbonyl (C=O) groups is 1. The lowest BCUT2D eigenvalue weighted by Crippen LogP contribution is -2.38. The zero-order valence-electron chi connectivity index (χ0n) is 20.3. The molecule has 0 radical (unpaired) electrons. The van der Waals surface area contributed by atoms with E-state index in [2.05, 4.69) is 28.5 Å². The molecule has 1 aliphatic rings. The highest BCUT2D eigenvalue weighted by atomic mass is 32.2. The van der Waals surface area contributed by atoms with E-state index in [9.17, 15) is 18.0 Å². The molecule has 1 N–H and O–H groups in total. The highest BCUT2D eigenvalue weighted by Gasteiger charge is 2.37. The molecule has 2 heterocycles. The first-order valence-corrected chi connectivity index (χ1v) is 12.6. The van der Waals surface area contributed by atoms with Gasteiger partial charge in [0, 0.05) is 36.0 Å². The number of allylic oxidation sites excluding steroid dienone is 4. The number of alkyl halides is 3. The highest BCUT2D eigenvalue weighted by molar-refractivity contribution is 7.99. The van der Waals surface area contributed by atoms with Crippen LogP contribution in [0.4, 0.5) is 18.0 Å². The maximum Gasteiger partial charge on any atom is 0.573 e. The first kappa shape index (κ1) is 27.4. The van der Waals surface area contributed by atoms with E-state index in [4.69, 9.17) is 0 Å². The van der Waals surface area contributed by atoms with Crippen molar-refractivity contribution in [2.75, 3.05) is 18.8 Å². The highest BCUT2D eigenvalue weighted by Crippen LogP contribution is 2.38. The van der Waals surface area contributed by atoms with Crippen molar-refractivity contribution in [1.29, 1.82) is 0 Å². The van der Waals surface area contributed by atoms with E-state index in [0.717, 1.165) is 21.9 Å². The monoisotopic (exact) mass is 517 g/mol. The van der Waals surface area contributed by atoms with Crippen LogP contribution >= 0.6 is 11.8 Å². The minimum Gasteiger partial charge on any atom is -0.406 e. The fourth-order valence-corrected chi connectivity index (χ4v) is 4.79. The average molecular weight is 518 g/mol. The lowest BCUT2D eigenvalue weighted by Gasteiger charge is -2.20. The molecule has 1 aliphatic heterocycles. The fourth-order valence-electron chi connectivity index (χ4n) is 4.17. The second-order valence-electron chi connectivity index (χ2n) is 8.35. The van der Waals surface area contributed by atoms with Gasteiger partial charge in [-0.15, -0.1) is 24.9 Å². The van der Waals surface area contributed by atoms with Gasteiger partial charge in [0.2, 0.25) is 0 Å². The van der Waals surface area contributed by atoms with Crippen molar-refractivity contribution in [2.45, 2.75) is 37.6 Å². The minimum absolute atomic E-state index is 0.0742. The molecule has 5 nitrogen and oxygen atoms in total. The van der Waals surface area contributed by atoms with Gasteiger partial charge >= 0.3 is 12.4 Å². The number of hydrogen-bond donors (Lipinski definition) is 1. The van der Waals surface area contributed by atoms with E-state index in [0.29, 0.717) is 18.7 Å². The molecule has 1 aromatic heterocycles. The van der Waals surface area contributed by atoms with E-state index in [1.54, 1.807) is 47.1 Å². The zero-order valence-corrected chi connectivity index (χ0v) is 21.1. The van der Waals surface area contributed by atoms with E-state index in [-0.39, 0.29) is 30.2 Å². The quantitative estimate of drug-likeness (QED) is 0.297. The maximum absolute atomic E-state index is 13.0. The number of likely N-dealkylation sites (tertiary alicyclic amines) is 1. The SMILES string of the molecule is C=C/C=C\C=C(/C)C1CN(C(=O)NCc2ccc(SCC)cn2)CC1c1cccc(OC(F)(F)F)c1. The Balaban J connectivity index is 1.76. The molecule has 1 fully saturated rings. The standard InChI is InChI=1S/C27H30F3N3O2S/c1-4-6-7-9-19(3)24-17-33(26(34)32-15-21-12-13-23(16-31-21)36-5-2)18-25(24)20-10-8-11-22(14-20)35-27(28,29)30/h4,6-14,16,24-25H,1,5,15,17-18H2,2-3H3,(H,32,34)/b7-6-,19-9+. The zero-order chi connectivity index (χ0) is 26.1. The summed E-state index contributed by atoms with van der Waals surface area (Å²) in [6.07, 6.45) is 4.28. The largest absolute Gasteiger partial charge is 0.573 e. The topological polar surface area (TPSA) is 54.5 Å². The van der Waals surface area contributed by atoms with Gasteiger partial charge < -0.3 is 15.0 Å². The average Bonchev–Trinajstić information content (AvgIpc) is 3.29. The second-order valence-corrected chi connectivity index (χ2v) is 9.68. The van der Waals surface area contributed by atoms with E-state index in [1.807, 2.05) is 31.2 Å². The van der Waals surface area contributed by atoms with Gasteiger partial charge in [0.15, 0.2) is 0 Å². The van der Waals surface area contributed by atoms with Crippen LogP contribution in [0.2, 0.25) is 0 Å². The number of halogens is 3. The molecule has 2 amide bonds. The second kappa shape index (κ2) is 12.7. The number of ether oxygens (including phenoxy) is 1. The van der Waals surface area contributed by atoms with Crippen LogP contribution in [-0.4, -0.2) is 41.1 Å². The van der Waals surface area contributed by atoms with E-state index < -0.39 is 6.36 Å². The molecule has 2 atom stereocenters. The van der Waals surface area contributed by atoms with Crippen molar-refractivity contribution in [3.63, 3.8) is 0 Å². The van der Waals surface area contributed by atoms with Crippen molar-refractivity contribution in [2.24, 2.45) is 5.92 Å². The van der Waals surface area contributed by atoms with Crippen LogP contribution in [0.1, 0.15) is 31.0 Å². The number of aromatic nitrogens is 1. The summed E-state index contributed by atoms with van der Waals surface area (Å²) in [5, 5.41) is 2.92. The first-order valence-electron chi connectivity index (χ1n) is 11.6. The molecule has 2 unspecified atom stereocenters. The molecule has 3 rings (SSSR count). The van der Waals surface area contributed by atoms with Crippen molar-refractivity contribution in [3.05, 3.63) is 90.3 Å². The lowest BCUT2D eigenvalue weighted by molar-refractivity contribution is -0.274. The smallest absolute Gasteiger partial charge is 0.406 e. The van der Waals surface area contributed by atoms with Crippen LogP contribution in [0.15, 0.2) is 83.9 Å². The number of carbonyl (C=O) groups excluding carboxylic acids is 1. The maximum atomic E-state index is 13.0. The molecule has 0 saturated carbocycles. The third-order valence-electron chi connectivity index (χ3n) is 5.85. The summed E-state index contributed by atoms with van der Waals surface area (Å²) in [6.45, 7) is 8.78. The van der Waals surface area contributed by atoms with Gasteiger partial charge in [-0.2, -0.15) is 0 Å². The number of urea groups is 1. The molecule has 1 saturated heterocycles. The summed E-state index contributed by atoms with van der Waals surface area (Å²) in [6, 6.07) is 9.61. The molecule has 1 aromatic carbocycles. The third-order valence-corrected chi connectivity index (χ3v) is 6.71. The summed E-state index contributed by atoms with van der Waals surface area (Å²) in [5.74, 6) is 0.419. The van der Waals surface area contributed by atoms with Gasteiger partial charge in [-0.1, -0.05) is 55.5 Å². The van der Waals surface area contributed by atoms with Crippen molar-refractivity contribution < 1.29 is 22.7 Å². The number of hydrogen-bond acceptors (Lipinski definition) is 4. The fraction of sp³-hybridized carbons (Fsp3) is 0.333. The number of benzene rings is 1. The number of thioether (sulfide) groups is 1. The van der Waals surface area contributed by atoms with E-state index >= 15 is 0 Å². The predicted molar refractivity (Wildman–Crippen MR) is 137 cm³/mol. The molecular weight excluding hydrogens is 487 g/mol. The van der Waals surface area contributed by atoms with Crippen molar-refractivity contribution in [1.82, 2.24) is 15.2 Å². The molecular formula is C27H30F3N3O2S. The predicted octanol–water partition coefficient (Wildman–Crippen LogP) is 6.71. The van der Waals surface area contributed by atoms with Crippen molar-refractivity contribution in [3.8, 4) is 5.75 Å². The van der Waals surface area contributed by atoms with Crippen LogP contribution in [0.25, 0.3) is 0 Å². The lowest BCUT2D eigenvalue weighted by atomic mass is 9.84. The van der Waals surface area contributed by atoms with Crippen LogP contribution in [-0.2, 0) is 6.54 Å². The number of rotatable bonds is 9. The van der Waals surface area contributed by atoms with Crippen LogP contribution in [0, 0.1) is 5.92 Å². The Morgan fingerprint density at radius 3 is 2.75 bits per heavy atom. The molecule has 0 spiro atoms. The van der Waals surface area contributed by atoms with Crippen LogP contribution < -0.4 is 10.1 Å². The number of pyridine rings is 1. The number of nitrogens with one attached hydrogen (secondary N) is 1. The Morgan fingerprint density at radius 1 is 1.28 bits per heavy atom. The Morgan fingerprint density at radius 2 is 2.08 bits per heavy atom. The summed E-state index contributed by atoms with van der Waals surface area (Å²) >= 11 is 1.70. The number of amides is 2. The summed E-state index contributed by atoms with van der Waals surface area (Å²) in [4.78, 5) is 20.2. The van der Waals surface area contributed by atoms with Crippen molar-refractivity contribution >= 4 is 17.8 Å². The summed E-state index contributed by atoms with van der Waals surface area (Å²) < 4.78 is 42.4. The van der Waals surface area contributed by atoms with Gasteiger partial charge in [-0.25, -0.2) is 4.79 Å². The van der Waals surface area contributed by atoms with Gasteiger partial charge in [0.1, 0.15) is 5.75 Å². The molecule has 2 aromatic rings. The minimum atomic E-state index is -4.77. The Kier molecular flexibility index (Phi) is 9.64. The molecule has 0 bridgehead atoms. The Hall–Kier alpha value is -3.20. The number of nitrogens with zero attached hydrogens (tertiary/aromatic N) is 2. The molecule has 36 heavy (non-hydrogen) atoms. The van der Waals surface area contributed by atoms with Crippen LogP contribution in [0.5, 0.6) is 5.75 Å². The van der Waals surface area contributed by atoms with Gasteiger partial charge in [0.05, 0.1) is 12.2 Å². The Bertz CT molecular complexity index is 1100. The van der Waals surface area contributed by atoms with Gasteiger partial charge in [-0.05, 0) is 42.5 Å².